The van der Waals surface area contributed by atoms with E-state index in [-0.39, 0.29) is 0 Å². The second-order valence-corrected chi connectivity index (χ2v) is 2.94. The van der Waals surface area contributed by atoms with E-state index >= 15 is 0 Å². The molecule has 2 rings (SSSR count). The Labute approximate surface area is 76.4 Å². The average molecular weight is 174 g/mol. The summed E-state index contributed by atoms with van der Waals surface area (Å²) in [4.78, 5) is 0. The summed E-state index contributed by atoms with van der Waals surface area (Å²) in [7, 11) is 0. The van der Waals surface area contributed by atoms with Gasteiger partial charge < -0.3 is 4.42 Å². The second kappa shape index (κ2) is 3.01. The maximum absolute atomic E-state index is 5.33. The zero-order valence-electron chi connectivity index (χ0n) is 7.61. The van der Waals surface area contributed by atoms with E-state index in [0.29, 0.717) is 11.8 Å². The van der Waals surface area contributed by atoms with Crippen LogP contribution in [0.25, 0.3) is 11.5 Å². The maximum atomic E-state index is 5.33. The molecule has 66 valence electrons. The molecule has 2 aromatic rings. The number of hydrogen-bond donors (Lipinski definition) is 0. The Morgan fingerprint density at radius 3 is 2.46 bits per heavy atom. The van der Waals surface area contributed by atoms with Crippen LogP contribution < -0.4 is 0 Å². The molecule has 0 atom stereocenters. The number of aryl methyl sites for hydroxylation is 2. The van der Waals surface area contributed by atoms with Crippen molar-refractivity contribution in [2.75, 3.05) is 0 Å². The van der Waals surface area contributed by atoms with Crippen LogP contribution >= 0.6 is 0 Å². The van der Waals surface area contributed by atoms with Crippen LogP contribution in [0.15, 0.2) is 28.7 Å². The minimum atomic E-state index is 0.593. The van der Waals surface area contributed by atoms with Gasteiger partial charge in [0, 0.05) is 12.5 Å². The van der Waals surface area contributed by atoms with Crippen molar-refractivity contribution >= 4 is 0 Å². The van der Waals surface area contributed by atoms with Crippen molar-refractivity contribution in [3.8, 4) is 11.5 Å². The molecule has 0 amide bonds. The van der Waals surface area contributed by atoms with E-state index in [1.807, 2.05) is 31.2 Å². The molecule has 1 aromatic heterocycles. The molecule has 0 unspecified atom stereocenters. The molecular weight excluding hydrogens is 164 g/mol. The molecule has 0 radical (unpaired) electrons. The van der Waals surface area contributed by atoms with Gasteiger partial charge in [-0.15, -0.1) is 10.2 Å². The molecule has 0 aliphatic rings. The summed E-state index contributed by atoms with van der Waals surface area (Å²) >= 11 is 0. The Hall–Kier alpha value is -1.64. The van der Waals surface area contributed by atoms with Crippen LogP contribution in [0.3, 0.4) is 0 Å². The van der Waals surface area contributed by atoms with E-state index in [4.69, 9.17) is 4.42 Å². The predicted molar refractivity (Wildman–Crippen MR) is 49.2 cm³/mol. The number of aromatic nitrogens is 2. The first-order chi connectivity index (χ1) is 6.27. The lowest BCUT2D eigenvalue weighted by atomic mass is 10.1. The zero-order chi connectivity index (χ0) is 9.26. The van der Waals surface area contributed by atoms with Crippen molar-refractivity contribution in [2.24, 2.45) is 0 Å². The van der Waals surface area contributed by atoms with Gasteiger partial charge in [0.2, 0.25) is 11.8 Å². The van der Waals surface area contributed by atoms with E-state index in [1.165, 1.54) is 0 Å². The number of nitrogens with zero attached hydrogens (tertiary/aromatic N) is 2. The molecule has 0 fully saturated rings. The molecule has 0 saturated carbocycles. The molecular formula is C10H10N2O. The normalized spacial score (nSPS) is 10.3. The van der Waals surface area contributed by atoms with Gasteiger partial charge >= 0.3 is 0 Å². The molecule has 0 spiro atoms. The standard InChI is InChI=1S/C10H10N2O/c1-7-5-3-4-6-9(7)10-12-11-8(2)13-10/h3-6H,1-2H3. The topological polar surface area (TPSA) is 38.9 Å². The molecule has 13 heavy (non-hydrogen) atoms. The Morgan fingerprint density at radius 2 is 1.85 bits per heavy atom. The zero-order valence-corrected chi connectivity index (χ0v) is 7.61. The number of hydrogen-bond acceptors (Lipinski definition) is 3. The van der Waals surface area contributed by atoms with Gasteiger partial charge in [0.05, 0.1) is 0 Å². The molecule has 0 N–H and O–H groups in total. The van der Waals surface area contributed by atoms with Crippen LogP contribution in [0.4, 0.5) is 0 Å². The molecule has 0 aliphatic carbocycles. The highest BCUT2D eigenvalue weighted by molar-refractivity contribution is 5.57. The highest BCUT2D eigenvalue weighted by Crippen LogP contribution is 2.20. The highest BCUT2D eigenvalue weighted by atomic mass is 16.4. The van der Waals surface area contributed by atoms with Crippen LogP contribution in [-0.4, -0.2) is 10.2 Å². The Bertz CT molecular complexity index is 420. The Balaban J connectivity index is 2.52. The van der Waals surface area contributed by atoms with Gasteiger partial charge in [-0.1, -0.05) is 18.2 Å². The van der Waals surface area contributed by atoms with E-state index in [0.717, 1.165) is 11.1 Å². The molecule has 0 aliphatic heterocycles. The van der Waals surface area contributed by atoms with Gasteiger partial charge in [0.25, 0.3) is 0 Å². The van der Waals surface area contributed by atoms with E-state index < -0.39 is 0 Å². The lowest BCUT2D eigenvalue weighted by Crippen LogP contribution is -1.81. The fourth-order valence-electron chi connectivity index (χ4n) is 1.22. The van der Waals surface area contributed by atoms with Crippen molar-refractivity contribution in [3.63, 3.8) is 0 Å². The SMILES string of the molecule is Cc1nnc(-c2ccccc2C)o1. The van der Waals surface area contributed by atoms with Gasteiger partial charge in [-0.2, -0.15) is 0 Å². The number of rotatable bonds is 1. The Morgan fingerprint density at radius 1 is 1.08 bits per heavy atom. The maximum Gasteiger partial charge on any atom is 0.247 e. The van der Waals surface area contributed by atoms with Crippen molar-refractivity contribution in [2.45, 2.75) is 13.8 Å². The fraction of sp³-hybridized carbons (Fsp3) is 0.200. The third-order valence-electron chi connectivity index (χ3n) is 1.90. The third kappa shape index (κ3) is 1.45. The van der Waals surface area contributed by atoms with E-state index in [2.05, 4.69) is 10.2 Å². The lowest BCUT2D eigenvalue weighted by Gasteiger charge is -1.97. The van der Waals surface area contributed by atoms with Crippen LogP contribution in [0, 0.1) is 13.8 Å². The van der Waals surface area contributed by atoms with Gasteiger partial charge in [-0.3, -0.25) is 0 Å². The first-order valence-corrected chi connectivity index (χ1v) is 4.13. The van der Waals surface area contributed by atoms with E-state index in [1.54, 1.807) is 6.92 Å². The Kier molecular flexibility index (Phi) is 1.85. The van der Waals surface area contributed by atoms with Gasteiger partial charge in [0.1, 0.15) is 0 Å². The average Bonchev–Trinajstić information content (AvgIpc) is 2.53. The third-order valence-corrected chi connectivity index (χ3v) is 1.90. The minimum Gasteiger partial charge on any atom is -0.421 e. The molecule has 1 heterocycles. The molecule has 3 heteroatoms. The lowest BCUT2D eigenvalue weighted by molar-refractivity contribution is 0.532. The quantitative estimate of drug-likeness (QED) is 0.666. The number of benzene rings is 1. The summed E-state index contributed by atoms with van der Waals surface area (Å²) in [6.07, 6.45) is 0. The summed E-state index contributed by atoms with van der Waals surface area (Å²) in [5.74, 6) is 1.19. The molecule has 0 bridgehead atoms. The van der Waals surface area contributed by atoms with Crippen molar-refractivity contribution < 1.29 is 4.42 Å². The van der Waals surface area contributed by atoms with Gasteiger partial charge in [-0.25, -0.2) is 0 Å². The van der Waals surface area contributed by atoms with Crippen LogP contribution in [0.1, 0.15) is 11.5 Å². The summed E-state index contributed by atoms with van der Waals surface area (Å²) in [5.41, 5.74) is 2.15. The minimum absolute atomic E-state index is 0.593. The van der Waals surface area contributed by atoms with Crippen LogP contribution in [0.2, 0.25) is 0 Å². The van der Waals surface area contributed by atoms with Crippen molar-refractivity contribution in [1.29, 1.82) is 0 Å². The van der Waals surface area contributed by atoms with Crippen LogP contribution in [-0.2, 0) is 0 Å². The summed E-state index contributed by atoms with van der Waals surface area (Å²) in [5, 5.41) is 7.75. The summed E-state index contributed by atoms with van der Waals surface area (Å²) in [6, 6.07) is 7.95. The first kappa shape index (κ1) is 7.98. The molecule has 3 nitrogen and oxygen atoms in total. The van der Waals surface area contributed by atoms with E-state index in [9.17, 15) is 0 Å². The van der Waals surface area contributed by atoms with Gasteiger partial charge in [-0.05, 0) is 18.6 Å². The van der Waals surface area contributed by atoms with Gasteiger partial charge in [0.15, 0.2) is 0 Å². The fourth-order valence-corrected chi connectivity index (χ4v) is 1.22. The summed E-state index contributed by atoms with van der Waals surface area (Å²) in [6.45, 7) is 3.81. The summed E-state index contributed by atoms with van der Waals surface area (Å²) < 4.78 is 5.33. The molecule has 0 saturated heterocycles. The predicted octanol–water partition coefficient (Wildman–Crippen LogP) is 2.35. The highest BCUT2D eigenvalue weighted by Gasteiger charge is 2.06. The smallest absolute Gasteiger partial charge is 0.247 e. The largest absolute Gasteiger partial charge is 0.421 e. The van der Waals surface area contributed by atoms with Crippen LogP contribution in [0.5, 0.6) is 0 Å². The first-order valence-electron chi connectivity index (χ1n) is 4.13. The monoisotopic (exact) mass is 174 g/mol. The van der Waals surface area contributed by atoms with Crippen molar-refractivity contribution in [1.82, 2.24) is 10.2 Å². The second-order valence-electron chi connectivity index (χ2n) is 2.94. The molecule has 1 aromatic carbocycles. The van der Waals surface area contributed by atoms with Crippen molar-refractivity contribution in [3.05, 3.63) is 35.7 Å².